The van der Waals surface area contributed by atoms with Crippen LogP contribution in [0.4, 0.5) is 10.2 Å². The fraction of sp³-hybridized carbons (Fsp3) is 0.348. The lowest BCUT2D eigenvalue weighted by atomic mass is 10.2. The van der Waals surface area contributed by atoms with Crippen LogP contribution >= 0.6 is 22.9 Å². The highest BCUT2D eigenvalue weighted by atomic mass is 35.5. The average Bonchev–Trinajstić information content (AvgIpc) is 3.33. The van der Waals surface area contributed by atoms with E-state index in [9.17, 15) is 22.4 Å². The van der Waals surface area contributed by atoms with Gasteiger partial charge in [-0.15, -0.1) is 11.3 Å². The van der Waals surface area contributed by atoms with Gasteiger partial charge < -0.3 is 14.8 Å². The molecule has 3 aromatic rings. The molecule has 36 heavy (non-hydrogen) atoms. The van der Waals surface area contributed by atoms with Gasteiger partial charge in [-0.1, -0.05) is 11.6 Å². The number of ether oxygens (including phenoxy) is 2. The lowest BCUT2D eigenvalue weighted by Crippen LogP contribution is -2.26. The van der Waals surface area contributed by atoms with Gasteiger partial charge in [-0.25, -0.2) is 17.6 Å². The predicted molar refractivity (Wildman–Crippen MR) is 135 cm³/mol. The fourth-order valence-electron chi connectivity index (χ4n) is 3.06. The van der Waals surface area contributed by atoms with Crippen molar-refractivity contribution < 1.29 is 31.9 Å². The molecular weight excluding hydrogens is 533 g/mol. The first-order chi connectivity index (χ1) is 16.7. The van der Waals surface area contributed by atoms with Crippen LogP contribution in [0.2, 0.25) is 5.02 Å². The number of halogens is 2. The minimum atomic E-state index is -3.73. The standard InChI is InChI=1S/C23H25ClFN3O6S2/c1-12(2)36(31,32)15-11-35-18(16(15)24)20(29)26-19-17(21(30)34-23(3,4)5)28(22(27-19)33-6)14-9-7-13(25)8-10-14/h7-12H,1-6H3,(H,26,29). The number of carbonyl (C=O) groups excluding carboxylic acids is 2. The molecule has 0 aliphatic carbocycles. The summed E-state index contributed by atoms with van der Waals surface area (Å²) < 4.78 is 50.8. The van der Waals surface area contributed by atoms with Gasteiger partial charge >= 0.3 is 12.0 Å². The summed E-state index contributed by atoms with van der Waals surface area (Å²) in [5.74, 6) is -2.33. The van der Waals surface area contributed by atoms with Crippen molar-refractivity contribution in [1.29, 1.82) is 0 Å². The number of amides is 1. The molecule has 0 aliphatic rings. The summed E-state index contributed by atoms with van der Waals surface area (Å²) in [5.41, 5.74) is -0.758. The zero-order valence-corrected chi connectivity index (χ0v) is 22.8. The monoisotopic (exact) mass is 557 g/mol. The van der Waals surface area contributed by atoms with Crippen LogP contribution < -0.4 is 10.1 Å². The van der Waals surface area contributed by atoms with Gasteiger partial charge in [0.2, 0.25) is 0 Å². The van der Waals surface area contributed by atoms with Crippen LogP contribution in [0.3, 0.4) is 0 Å². The number of sulfone groups is 1. The van der Waals surface area contributed by atoms with Crippen LogP contribution in [0.5, 0.6) is 6.01 Å². The summed E-state index contributed by atoms with van der Waals surface area (Å²) >= 11 is 7.11. The van der Waals surface area contributed by atoms with Gasteiger partial charge in [0, 0.05) is 5.38 Å². The molecule has 0 bridgehead atoms. The first kappa shape index (κ1) is 27.6. The van der Waals surface area contributed by atoms with Crippen LogP contribution in [-0.4, -0.2) is 47.8 Å². The Morgan fingerprint density at radius 2 is 1.81 bits per heavy atom. The predicted octanol–water partition coefficient (Wildman–Crippen LogP) is 5.12. The number of aromatic nitrogens is 2. The van der Waals surface area contributed by atoms with Gasteiger partial charge in [-0.05, 0) is 58.9 Å². The topological polar surface area (TPSA) is 117 Å². The molecule has 1 N–H and O–H groups in total. The summed E-state index contributed by atoms with van der Waals surface area (Å²) in [7, 11) is -2.42. The van der Waals surface area contributed by atoms with E-state index in [1.807, 2.05) is 0 Å². The Morgan fingerprint density at radius 1 is 1.19 bits per heavy atom. The van der Waals surface area contributed by atoms with E-state index in [-0.39, 0.29) is 32.3 Å². The number of methoxy groups -OCH3 is 1. The second-order valence-electron chi connectivity index (χ2n) is 8.90. The number of rotatable bonds is 7. The number of nitrogens with zero attached hydrogens (tertiary/aromatic N) is 2. The van der Waals surface area contributed by atoms with E-state index in [4.69, 9.17) is 21.1 Å². The molecule has 0 radical (unpaired) electrons. The maximum absolute atomic E-state index is 13.5. The number of nitrogens with one attached hydrogen (secondary N) is 1. The third-order valence-corrected chi connectivity index (χ3v) is 8.69. The van der Waals surface area contributed by atoms with Gasteiger partial charge in [0.15, 0.2) is 21.3 Å². The fourth-order valence-corrected chi connectivity index (χ4v) is 6.04. The molecule has 1 amide bonds. The molecule has 194 valence electrons. The number of imidazole rings is 1. The average molecular weight is 558 g/mol. The first-order valence-electron chi connectivity index (χ1n) is 10.7. The van der Waals surface area contributed by atoms with Crippen molar-refractivity contribution in [2.75, 3.05) is 12.4 Å². The molecule has 2 aromatic heterocycles. The molecule has 0 saturated carbocycles. The van der Waals surface area contributed by atoms with E-state index in [2.05, 4.69) is 10.3 Å². The minimum absolute atomic E-state index is 0.0821. The molecule has 0 unspecified atom stereocenters. The molecule has 0 aliphatic heterocycles. The number of carbonyl (C=O) groups is 2. The largest absolute Gasteiger partial charge is 0.468 e. The SMILES string of the molecule is COc1nc(NC(=O)c2scc(S(=O)(=O)C(C)C)c2Cl)c(C(=O)OC(C)(C)C)n1-c1ccc(F)cc1. The highest BCUT2D eigenvalue weighted by molar-refractivity contribution is 7.92. The van der Waals surface area contributed by atoms with Gasteiger partial charge in [-0.2, -0.15) is 4.98 Å². The molecule has 0 fully saturated rings. The highest BCUT2D eigenvalue weighted by Crippen LogP contribution is 2.35. The van der Waals surface area contributed by atoms with Crippen molar-refractivity contribution in [3.05, 3.63) is 51.1 Å². The Morgan fingerprint density at radius 3 is 2.33 bits per heavy atom. The van der Waals surface area contributed by atoms with Crippen molar-refractivity contribution in [1.82, 2.24) is 9.55 Å². The van der Waals surface area contributed by atoms with Crippen LogP contribution in [0.15, 0.2) is 34.5 Å². The lowest BCUT2D eigenvalue weighted by molar-refractivity contribution is 0.00610. The molecule has 9 nitrogen and oxygen atoms in total. The molecular formula is C23H25ClFN3O6S2. The van der Waals surface area contributed by atoms with Crippen LogP contribution in [0.1, 0.15) is 54.8 Å². The Kier molecular flexibility index (Phi) is 7.82. The number of hydrogen-bond acceptors (Lipinski definition) is 8. The Hall–Kier alpha value is -2.96. The first-order valence-corrected chi connectivity index (χ1v) is 13.5. The van der Waals surface area contributed by atoms with E-state index in [0.717, 1.165) is 11.3 Å². The van der Waals surface area contributed by atoms with Crippen molar-refractivity contribution in [2.24, 2.45) is 0 Å². The van der Waals surface area contributed by atoms with E-state index < -0.39 is 38.4 Å². The van der Waals surface area contributed by atoms with Crippen LogP contribution in [-0.2, 0) is 14.6 Å². The number of esters is 1. The molecule has 3 rings (SSSR count). The van der Waals surface area contributed by atoms with E-state index in [0.29, 0.717) is 5.69 Å². The summed E-state index contributed by atoms with van der Waals surface area (Å²) in [6.45, 7) is 8.01. The molecule has 0 spiro atoms. The van der Waals surface area contributed by atoms with E-state index in [1.54, 1.807) is 20.8 Å². The van der Waals surface area contributed by atoms with Crippen molar-refractivity contribution in [3.8, 4) is 11.7 Å². The summed E-state index contributed by atoms with van der Waals surface area (Å²) in [6.07, 6.45) is 0. The molecule has 2 heterocycles. The quantitative estimate of drug-likeness (QED) is 0.400. The van der Waals surface area contributed by atoms with Crippen molar-refractivity contribution >= 4 is 50.5 Å². The zero-order chi connectivity index (χ0) is 27.0. The smallest absolute Gasteiger partial charge is 0.359 e. The Bertz CT molecular complexity index is 1410. The zero-order valence-electron chi connectivity index (χ0n) is 20.4. The molecule has 0 saturated heterocycles. The lowest BCUT2D eigenvalue weighted by Gasteiger charge is -2.20. The van der Waals surface area contributed by atoms with Crippen molar-refractivity contribution in [2.45, 2.75) is 50.4 Å². The van der Waals surface area contributed by atoms with Crippen LogP contribution in [0, 0.1) is 5.82 Å². The maximum Gasteiger partial charge on any atom is 0.359 e. The number of thiophene rings is 1. The van der Waals surface area contributed by atoms with Gasteiger partial charge in [-0.3, -0.25) is 9.36 Å². The number of hydrogen-bond donors (Lipinski definition) is 1. The minimum Gasteiger partial charge on any atom is -0.468 e. The highest BCUT2D eigenvalue weighted by Gasteiger charge is 2.32. The Labute approximate surface area is 217 Å². The number of benzene rings is 1. The summed E-state index contributed by atoms with van der Waals surface area (Å²) in [5, 5.41) is 2.83. The van der Waals surface area contributed by atoms with Crippen LogP contribution in [0.25, 0.3) is 5.69 Å². The molecule has 0 atom stereocenters. The second-order valence-corrected chi connectivity index (χ2v) is 12.6. The third-order valence-electron chi connectivity index (χ3n) is 4.77. The van der Waals surface area contributed by atoms with Gasteiger partial charge in [0.1, 0.15) is 16.3 Å². The summed E-state index contributed by atoms with van der Waals surface area (Å²) in [6, 6.07) is 5.09. The molecule has 1 aromatic carbocycles. The third kappa shape index (κ3) is 5.55. The van der Waals surface area contributed by atoms with Gasteiger partial charge in [0.05, 0.1) is 28.0 Å². The van der Waals surface area contributed by atoms with E-state index >= 15 is 0 Å². The number of anilines is 1. The Balaban J connectivity index is 2.12. The normalized spacial score (nSPS) is 12.0. The second kappa shape index (κ2) is 10.2. The van der Waals surface area contributed by atoms with Crippen molar-refractivity contribution in [3.63, 3.8) is 0 Å². The maximum atomic E-state index is 13.5. The summed E-state index contributed by atoms with van der Waals surface area (Å²) in [4.78, 5) is 30.3. The van der Waals surface area contributed by atoms with E-state index in [1.165, 1.54) is 55.2 Å². The van der Waals surface area contributed by atoms with Gasteiger partial charge in [0.25, 0.3) is 5.91 Å². The molecule has 13 heteroatoms.